The minimum atomic E-state index is -1.22. The molecule has 0 radical (unpaired) electrons. The maximum absolute atomic E-state index is 13.5. The molecular formula is C12H9ClFN3O2. The third kappa shape index (κ3) is 2.92. The van der Waals surface area contributed by atoms with Gasteiger partial charge in [-0.2, -0.15) is 0 Å². The summed E-state index contributed by atoms with van der Waals surface area (Å²) in [7, 11) is 0. The number of anilines is 3. The number of halogens is 2. The van der Waals surface area contributed by atoms with Crippen LogP contribution in [0.15, 0.2) is 30.5 Å². The molecule has 0 fully saturated rings. The van der Waals surface area contributed by atoms with Crippen LogP contribution in [-0.4, -0.2) is 16.1 Å². The molecule has 7 heteroatoms. The Morgan fingerprint density at radius 2 is 2.16 bits per heavy atom. The zero-order valence-electron chi connectivity index (χ0n) is 9.52. The van der Waals surface area contributed by atoms with Crippen LogP contribution in [0.3, 0.4) is 0 Å². The molecule has 0 unspecified atom stereocenters. The molecule has 0 aliphatic rings. The Morgan fingerprint density at radius 3 is 2.84 bits per heavy atom. The highest BCUT2D eigenvalue weighted by Gasteiger charge is 2.14. The average Bonchev–Trinajstić information content (AvgIpc) is 2.35. The number of rotatable bonds is 3. The van der Waals surface area contributed by atoms with Crippen molar-refractivity contribution in [2.45, 2.75) is 0 Å². The SMILES string of the molecule is Nc1cnc(Nc2cc(Cl)ccc2F)c(C(=O)O)c1. The number of hydrogen-bond donors (Lipinski definition) is 3. The first-order valence-electron chi connectivity index (χ1n) is 5.18. The molecule has 0 saturated carbocycles. The van der Waals surface area contributed by atoms with Crippen molar-refractivity contribution >= 4 is 34.8 Å². The molecule has 0 saturated heterocycles. The van der Waals surface area contributed by atoms with Crippen molar-refractivity contribution in [2.24, 2.45) is 0 Å². The van der Waals surface area contributed by atoms with E-state index in [4.69, 9.17) is 22.4 Å². The second kappa shape index (κ2) is 5.11. The van der Waals surface area contributed by atoms with Crippen molar-refractivity contribution < 1.29 is 14.3 Å². The number of aromatic carboxylic acids is 1. The lowest BCUT2D eigenvalue weighted by Gasteiger charge is -2.10. The van der Waals surface area contributed by atoms with Gasteiger partial charge in [0.2, 0.25) is 0 Å². The van der Waals surface area contributed by atoms with Crippen molar-refractivity contribution in [1.82, 2.24) is 4.98 Å². The van der Waals surface area contributed by atoms with Crippen LogP contribution >= 0.6 is 11.6 Å². The zero-order chi connectivity index (χ0) is 14.0. The van der Waals surface area contributed by atoms with Crippen LogP contribution < -0.4 is 11.1 Å². The molecule has 0 spiro atoms. The number of nitrogens with two attached hydrogens (primary N) is 1. The number of carboxylic acids is 1. The van der Waals surface area contributed by atoms with Crippen LogP contribution in [0.5, 0.6) is 0 Å². The van der Waals surface area contributed by atoms with Gasteiger partial charge in [-0.3, -0.25) is 0 Å². The minimum Gasteiger partial charge on any atom is -0.478 e. The van der Waals surface area contributed by atoms with E-state index in [1.807, 2.05) is 0 Å². The quantitative estimate of drug-likeness (QED) is 0.805. The summed E-state index contributed by atoms with van der Waals surface area (Å²) in [6, 6.07) is 5.12. The minimum absolute atomic E-state index is 0.0112. The predicted octanol–water partition coefficient (Wildman–Crippen LogP) is 2.90. The summed E-state index contributed by atoms with van der Waals surface area (Å²) in [5.41, 5.74) is 5.55. The number of carboxylic acid groups (broad SMARTS) is 1. The maximum atomic E-state index is 13.5. The highest BCUT2D eigenvalue weighted by Crippen LogP contribution is 2.25. The largest absolute Gasteiger partial charge is 0.478 e. The summed E-state index contributed by atoms with van der Waals surface area (Å²) < 4.78 is 13.5. The Bertz CT molecular complexity index is 649. The highest BCUT2D eigenvalue weighted by molar-refractivity contribution is 6.30. The molecular weight excluding hydrogens is 273 g/mol. The number of pyridine rings is 1. The van der Waals surface area contributed by atoms with E-state index in [2.05, 4.69) is 10.3 Å². The number of nitrogens with zero attached hydrogens (tertiary/aromatic N) is 1. The van der Waals surface area contributed by atoms with Gasteiger partial charge in [0.25, 0.3) is 0 Å². The monoisotopic (exact) mass is 281 g/mol. The van der Waals surface area contributed by atoms with Gasteiger partial charge in [-0.25, -0.2) is 14.2 Å². The standard InChI is InChI=1S/C12H9ClFN3O2/c13-6-1-2-9(14)10(3-6)17-11-8(12(18)19)4-7(15)5-16-11/h1-5H,15H2,(H,16,17)(H,18,19). The van der Waals surface area contributed by atoms with Crippen molar-refractivity contribution in [3.8, 4) is 0 Å². The van der Waals surface area contributed by atoms with Gasteiger partial charge in [0.05, 0.1) is 17.6 Å². The predicted molar refractivity (Wildman–Crippen MR) is 70.3 cm³/mol. The van der Waals surface area contributed by atoms with Crippen molar-refractivity contribution in [3.63, 3.8) is 0 Å². The molecule has 2 aromatic rings. The fourth-order valence-corrected chi connectivity index (χ4v) is 1.64. The molecule has 0 aliphatic heterocycles. The summed E-state index contributed by atoms with van der Waals surface area (Å²) in [5.74, 6) is -1.80. The molecule has 4 N–H and O–H groups in total. The van der Waals surface area contributed by atoms with Crippen molar-refractivity contribution in [1.29, 1.82) is 0 Å². The topological polar surface area (TPSA) is 88.2 Å². The molecule has 0 amide bonds. The molecule has 19 heavy (non-hydrogen) atoms. The molecule has 5 nitrogen and oxygen atoms in total. The van der Waals surface area contributed by atoms with Gasteiger partial charge in [0.15, 0.2) is 0 Å². The fraction of sp³-hybridized carbons (Fsp3) is 0. The molecule has 1 aromatic heterocycles. The van der Waals surface area contributed by atoms with E-state index in [-0.39, 0.29) is 22.8 Å². The number of carbonyl (C=O) groups is 1. The Kier molecular flexibility index (Phi) is 3.52. The first-order chi connectivity index (χ1) is 8.97. The lowest BCUT2D eigenvalue weighted by molar-refractivity contribution is 0.0697. The maximum Gasteiger partial charge on any atom is 0.339 e. The summed E-state index contributed by atoms with van der Waals surface area (Å²) in [4.78, 5) is 14.9. The van der Waals surface area contributed by atoms with Crippen LogP contribution in [0.2, 0.25) is 5.02 Å². The van der Waals surface area contributed by atoms with Gasteiger partial charge in [0.1, 0.15) is 17.2 Å². The van der Waals surface area contributed by atoms with E-state index in [0.29, 0.717) is 5.02 Å². The smallest absolute Gasteiger partial charge is 0.339 e. The van der Waals surface area contributed by atoms with E-state index < -0.39 is 11.8 Å². The number of hydrogen-bond acceptors (Lipinski definition) is 4. The molecule has 98 valence electrons. The molecule has 0 bridgehead atoms. The highest BCUT2D eigenvalue weighted by atomic mass is 35.5. The van der Waals surface area contributed by atoms with E-state index in [9.17, 15) is 9.18 Å². The molecule has 2 rings (SSSR count). The lowest BCUT2D eigenvalue weighted by Crippen LogP contribution is -2.06. The molecule has 1 aromatic carbocycles. The second-order valence-electron chi connectivity index (χ2n) is 3.72. The number of nitrogen functional groups attached to an aromatic ring is 1. The van der Waals surface area contributed by atoms with E-state index in [1.165, 1.54) is 30.5 Å². The third-order valence-electron chi connectivity index (χ3n) is 2.32. The summed E-state index contributed by atoms with van der Waals surface area (Å²) in [5, 5.41) is 11.9. The van der Waals surface area contributed by atoms with Gasteiger partial charge in [0, 0.05) is 5.02 Å². The zero-order valence-corrected chi connectivity index (χ0v) is 10.3. The van der Waals surface area contributed by atoms with Crippen LogP contribution in [0.25, 0.3) is 0 Å². The number of benzene rings is 1. The number of nitrogens with one attached hydrogen (secondary N) is 1. The first-order valence-corrected chi connectivity index (χ1v) is 5.56. The summed E-state index contributed by atoms with van der Waals surface area (Å²) >= 11 is 5.75. The van der Waals surface area contributed by atoms with Crippen LogP contribution in [-0.2, 0) is 0 Å². The Morgan fingerprint density at radius 1 is 1.42 bits per heavy atom. The summed E-state index contributed by atoms with van der Waals surface area (Å²) in [6.07, 6.45) is 1.28. The van der Waals surface area contributed by atoms with Crippen LogP contribution in [0.1, 0.15) is 10.4 Å². The van der Waals surface area contributed by atoms with Crippen LogP contribution in [0.4, 0.5) is 21.6 Å². The van der Waals surface area contributed by atoms with E-state index >= 15 is 0 Å². The van der Waals surface area contributed by atoms with E-state index in [0.717, 1.165) is 0 Å². The Balaban J connectivity index is 2.43. The van der Waals surface area contributed by atoms with Crippen LogP contribution in [0, 0.1) is 5.82 Å². The normalized spacial score (nSPS) is 10.2. The van der Waals surface area contributed by atoms with Gasteiger partial charge >= 0.3 is 5.97 Å². The summed E-state index contributed by atoms with van der Waals surface area (Å²) in [6.45, 7) is 0. The van der Waals surface area contributed by atoms with Gasteiger partial charge < -0.3 is 16.2 Å². The molecule has 1 heterocycles. The van der Waals surface area contributed by atoms with Gasteiger partial charge in [-0.15, -0.1) is 0 Å². The number of aromatic nitrogens is 1. The van der Waals surface area contributed by atoms with Crippen molar-refractivity contribution in [3.05, 3.63) is 46.9 Å². The Hall–Kier alpha value is -2.34. The first kappa shape index (κ1) is 13.1. The average molecular weight is 282 g/mol. The van der Waals surface area contributed by atoms with Gasteiger partial charge in [-0.1, -0.05) is 11.6 Å². The van der Waals surface area contributed by atoms with E-state index in [1.54, 1.807) is 0 Å². The fourth-order valence-electron chi connectivity index (χ4n) is 1.46. The van der Waals surface area contributed by atoms with Gasteiger partial charge in [-0.05, 0) is 24.3 Å². The van der Waals surface area contributed by atoms with Crippen molar-refractivity contribution in [2.75, 3.05) is 11.1 Å². The second-order valence-corrected chi connectivity index (χ2v) is 4.16. The molecule has 0 atom stereocenters. The lowest BCUT2D eigenvalue weighted by atomic mass is 10.2. The Labute approximate surface area is 112 Å². The molecule has 0 aliphatic carbocycles. The third-order valence-corrected chi connectivity index (χ3v) is 2.56.